The van der Waals surface area contributed by atoms with Gasteiger partial charge in [-0.05, 0) is 43.4 Å². The molecule has 0 amide bonds. The van der Waals surface area contributed by atoms with Crippen LogP contribution in [0.4, 0.5) is 0 Å². The SMILES string of the molecule is NS(=O)(=O)Oc1ccc2c(c1)OC(=O)CC1=C2CCCC1. The molecule has 0 aromatic heterocycles. The first-order valence-electron chi connectivity index (χ1n) is 6.70. The summed E-state index contributed by atoms with van der Waals surface area (Å²) in [4.78, 5) is 11.9. The zero-order valence-electron chi connectivity index (χ0n) is 11.3. The van der Waals surface area contributed by atoms with E-state index in [1.807, 2.05) is 0 Å². The fourth-order valence-corrected chi connectivity index (χ4v) is 3.22. The molecule has 1 aromatic rings. The Hall–Kier alpha value is -1.86. The van der Waals surface area contributed by atoms with Crippen molar-refractivity contribution < 1.29 is 22.1 Å². The molecule has 3 rings (SSSR count). The molecule has 2 aliphatic rings. The van der Waals surface area contributed by atoms with Gasteiger partial charge in [-0.1, -0.05) is 5.57 Å². The Kier molecular flexibility index (Phi) is 3.46. The molecular weight excluding hydrogens is 294 g/mol. The minimum Gasteiger partial charge on any atom is -0.425 e. The maximum absolute atomic E-state index is 11.9. The highest BCUT2D eigenvalue weighted by atomic mass is 32.2. The molecule has 0 bridgehead atoms. The van der Waals surface area contributed by atoms with Crippen LogP contribution in [0.2, 0.25) is 0 Å². The Bertz CT molecular complexity index is 736. The normalized spacial score (nSPS) is 18.4. The number of nitrogens with two attached hydrogens (primary N) is 1. The molecule has 1 aliphatic carbocycles. The number of benzene rings is 1. The summed E-state index contributed by atoms with van der Waals surface area (Å²) in [5, 5.41) is 4.84. The first-order chi connectivity index (χ1) is 9.92. The van der Waals surface area contributed by atoms with Crippen LogP contribution in [0.15, 0.2) is 23.8 Å². The average Bonchev–Trinajstić information content (AvgIpc) is 2.51. The lowest BCUT2D eigenvalue weighted by Gasteiger charge is -2.18. The number of esters is 1. The third-order valence-electron chi connectivity index (χ3n) is 3.65. The minimum absolute atomic E-state index is 0.0314. The van der Waals surface area contributed by atoms with Gasteiger partial charge < -0.3 is 8.92 Å². The number of carbonyl (C=O) groups is 1. The van der Waals surface area contributed by atoms with Gasteiger partial charge in [-0.2, -0.15) is 13.6 Å². The number of hydrogen-bond acceptors (Lipinski definition) is 5. The van der Waals surface area contributed by atoms with Crippen LogP contribution in [-0.2, 0) is 15.1 Å². The van der Waals surface area contributed by atoms with Crippen molar-refractivity contribution in [3.63, 3.8) is 0 Å². The number of fused-ring (bicyclic) bond motifs is 2. The second-order valence-electron chi connectivity index (χ2n) is 5.17. The summed E-state index contributed by atoms with van der Waals surface area (Å²) >= 11 is 0. The Morgan fingerprint density at radius 2 is 1.95 bits per heavy atom. The van der Waals surface area contributed by atoms with Crippen LogP contribution in [0, 0.1) is 0 Å². The van der Waals surface area contributed by atoms with Crippen molar-refractivity contribution in [3.05, 3.63) is 29.3 Å². The van der Waals surface area contributed by atoms with E-state index in [4.69, 9.17) is 9.88 Å². The lowest BCUT2D eigenvalue weighted by atomic mass is 9.86. The molecule has 0 saturated carbocycles. The molecule has 7 heteroatoms. The summed E-state index contributed by atoms with van der Waals surface area (Å²) in [7, 11) is -4.10. The Balaban J connectivity index is 2.06. The van der Waals surface area contributed by atoms with Gasteiger partial charge in [0, 0.05) is 11.6 Å². The molecule has 0 fully saturated rings. The van der Waals surface area contributed by atoms with Crippen LogP contribution in [0.3, 0.4) is 0 Å². The number of allylic oxidation sites excluding steroid dienone is 1. The van der Waals surface area contributed by atoms with Gasteiger partial charge in [-0.15, -0.1) is 0 Å². The second-order valence-corrected chi connectivity index (χ2v) is 6.33. The molecule has 0 atom stereocenters. The predicted octanol–water partition coefficient (Wildman–Crippen LogP) is 1.91. The monoisotopic (exact) mass is 309 g/mol. The third-order valence-corrected chi connectivity index (χ3v) is 4.08. The van der Waals surface area contributed by atoms with E-state index in [0.29, 0.717) is 5.75 Å². The van der Waals surface area contributed by atoms with E-state index in [2.05, 4.69) is 4.18 Å². The first kappa shape index (κ1) is 14.1. The van der Waals surface area contributed by atoms with Crippen molar-refractivity contribution in [3.8, 4) is 11.5 Å². The van der Waals surface area contributed by atoms with E-state index in [9.17, 15) is 13.2 Å². The lowest BCUT2D eigenvalue weighted by Crippen LogP contribution is -2.19. The summed E-state index contributed by atoms with van der Waals surface area (Å²) < 4.78 is 31.9. The fraction of sp³-hybridized carbons (Fsp3) is 0.357. The number of carbonyl (C=O) groups excluding carboxylic acids is 1. The van der Waals surface area contributed by atoms with Crippen LogP contribution in [-0.4, -0.2) is 14.4 Å². The van der Waals surface area contributed by atoms with Crippen molar-refractivity contribution in [1.82, 2.24) is 0 Å². The molecule has 0 saturated heterocycles. The van der Waals surface area contributed by atoms with Crippen LogP contribution in [0.1, 0.15) is 37.7 Å². The molecule has 0 unspecified atom stereocenters. The second kappa shape index (κ2) is 5.16. The predicted molar refractivity (Wildman–Crippen MR) is 75.8 cm³/mol. The standard InChI is InChI=1S/C14H15NO5S/c15-21(17,18)20-10-5-6-12-11-4-2-1-3-9(11)7-14(16)19-13(12)8-10/h5-6,8H,1-4,7H2,(H2,15,17,18). The Morgan fingerprint density at radius 1 is 1.19 bits per heavy atom. The molecule has 0 spiro atoms. The summed E-state index contributed by atoms with van der Waals surface area (Å²) in [6.07, 6.45) is 4.24. The highest BCUT2D eigenvalue weighted by molar-refractivity contribution is 7.84. The lowest BCUT2D eigenvalue weighted by molar-refractivity contribution is -0.133. The van der Waals surface area contributed by atoms with Crippen LogP contribution < -0.4 is 14.1 Å². The first-order valence-corrected chi connectivity index (χ1v) is 8.18. The van der Waals surface area contributed by atoms with E-state index in [1.54, 1.807) is 6.07 Å². The van der Waals surface area contributed by atoms with Gasteiger partial charge >= 0.3 is 16.3 Å². The van der Waals surface area contributed by atoms with Crippen LogP contribution >= 0.6 is 0 Å². The van der Waals surface area contributed by atoms with Gasteiger partial charge in [0.25, 0.3) is 0 Å². The van der Waals surface area contributed by atoms with Gasteiger partial charge in [0.05, 0.1) is 6.42 Å². The molecule has 0 radical (unpaired) electrons. The largest absolute Gasteiger partial charge is 0.425 e. The van der Waals surface area contributed by atoms with E-state index in [1.165, 1.54) is 12.1 Å². The summed E-state index contributed by atoms with van der Waals surface area (Å²) in [5.41, 5.74) is 3.08. The fourth-order valence-electron chi connectivity index (χ4n) is 2.84. The maximum atomic E-state index is 11.9. The Morgan fingerprint density at radius 3 is 2.71 bits per heavy atom. The summed E-state index contributed by atoms with van der Waals surface area (Å²) in [6.45, 7) is 0. The molecular formula is C14H15NO5S. The quantitative estimate of drug-likeness (QED) is 0.665. The highest BCUT2D eigenvalue weighted by Gasteiger charge is 2.25. The van der Waals surface area contributed by atoms with Gasteiger partial charge in [0.1, 0.15) is 11.5 Å². The van der Waals surface area contributed by atoms with Crippen molar-refractivity contribution >= 4 is 21.8 Å². The third kappa shape index (κ3) is 3.08. The molecule has 1 heterocycles. The van der Waals surface area contributed by atoms with E-state index in [-0.39, 0.29) is 18.1 Å². The maximum Gasteiger partial charge on any atom is 0.380 e. The molecule has 112 valence electrons. The van der Waals surface area contributed by atoms with Crippen molar-refractivity contribution in [2.24, 2.45) is 5.14 Å². The van der Waals surface area contributed by atoms with Crippen LogP contribution in [0.25, 0.3) is 5.57 Å². The van der Waals surface area contributed by atoms with Gasteiger partial charge in [0.2, 0.25) is 0 Å². The van der Waals surface area contributed by atoms with E-state index in [0.717, 1.165) is 42.4 Å². The molecule has 6 nitrogen and oxygen atoms in total. The number of ether oxygens (including phenoxy) is 1. The number of rotatable bonds is 2. The van der Waals surface area contributed by atoms with Gasteiger partial charge in [-0.25, -0.2) is 0 Å². The van der Waals surface area contributed by atoms with Crippen molar-refractivity contribution in [2.45, 2.75) is 32.1 Å². The van der Waals surface area contributed by atoms with E-state index < -0.39 is 10.3 Å². The molecule has 1 aromatic carbocycles. The summed E-state index contributed by atoms with van der Waals surface area (Å²) in [6, 6.07) is 4.62. The summed E-state index contributed by atoms with van der Waals surface area (Å²) in [5.74, 6) is 0.0212. The molecule has 21 heavy (non-hydrogen) atoms. The Labute approximate surface area is 122 Å². The van der Waals surface area contributed by atoms with E-state index >= 15 is 0 Å². The van der Waals surface area contributed by atoms with Crippen molar-refractivity contribution in [2.75, 3.05) is 0 Å². The minimum atomic E-state index is -4.10. The van der Waals surface area contributed by atoms with Crippen LogP contribution in [0.5, 0.6) is 11.5 Å². The topological polar surface area (TPSA) is 95.7 Å². The zero-order valence-corrected chi connectivity index (χ0v) is 12.1. The number of hydrogen-bond donors (Lipinski definition) is 1. The van der Waals surface area contributed by atoms with Gasteiger partial charge in [-0.3, -0.25) is 4.79 Å². The smallest absolute Gasteiger partial charge is 0.380 e. The molecule has 1 aliphatic heterocycles. The van der Waals surface area contributed by atoms with Crippen molar-refractivity contribution in [1.29, 1.82) is 0 Å². The zero-order chi connectivity index (χ0) is 15.0. The van der Waals surface area contributed by atoms with Gasteiger partial charge in [0.15, 0.2) is 0 Å². The average molecular weight is 309 g/mol. The highest BCUT2D eigenvalue weighted by Crippen LogP contribution is 2.41. The molecule has 2 N–H and O–H groups in total.